The molecule has 2 heteroatoms. The first kappa shape index (κ1) is 9.07. The lowest BCUT2D eigenvalue weighted by molar-refractivity contribution is 0.750. The van der Waals surface area contributed by atoms with E-state index in [0.717, 1.165) is 0 Å². The summed E-state index contributed by atoms with van der Waals surface area (Å²) in [4.78, 5) is 2.35. The van der Waals surface area contributed by atoms with Crippen molar-refractivity contribution in [1.82, 2.24) is 0 Å². The Balaban J connectivity index is 2.48. The Kier molecular flexibility index (Phi) is 2.58. The average molecular weight is 240 g/mol. The fraction of sp³-hybridized carbons (Fsp3) is 0.455. The van der Waals surface area contributed by atoms with Gasteiger partial charge in [-0.25, -0.2) is 0 Å². The Hall–Kier alpha value is -0.500. The Morgan fingerprint density at radius 3 is 3.00 bits per heavy atom. The van der Waals surface area contributed by atoms with E-state index in [1.165, 1.54) is 41.5 Å². The van der Waals surface area contributed by atoms with Gasteiger partial charge in [-0.2, -0.15) is 0 Å². The first-order chi connectivity index (χ1) is 6.29. The van der Waals surface area contributed by atoms with Crippen molar-refractivity contribution in [3.63, 3.8) is 0 Å². The van der Waals surface area contributed by atoms with Gasteiger partial charge in [-0.15, -0.1) is 0 Å². The SMILES string of the molecule is CN1CCCCc2cccc(Br)c21. The van der Waals surface area contributed by atoms with Crippen LogP contribution >= 0.6 is 15.9 Å². The molecule has 0 bridgehead atoms. The number of rotatable bonds is 0. The van der Waals surface area contributed by atoms with Crippen molar-refractivity contribution in [2.45, 2.75) is 19.3 Å². The molecule has 0 aliphatic carbocycles. The highest BCUT2D eigenvalue weighted by atomic mass is 79.9. The number of para-hydroxylation sites is 1. The number of halogens is 1. The van der Waals surface area contributed by atoms with Crippen molar-refractivity contribution in [2.24, 2.45) is 0 Å². The van der Waals surface area contributed by atoms with Gasteiger partial charge in [-0.3, -0.25) is 0 Å². The number of benzene rings is 1. The number of hydrogen-bond donors (Lipinski definition) is 0. The van der Waals surface area contributed by atoms with E-state index in [-0.39, 0.29) is 0 Å². The van der Waals surface area contributed by atoms with Gasteiger partial charge in [0.05, 0.1) is 5.69 Å². The van der Waals surface area contributed by atoms with Crippen LogP contribution in [0.3, 0.4) is 0 Å². The van der Waals surface area contributed by atoms with E-state index in [2.05, 4.69) is 46.1 Å². The summed E-state index contributed by atoms with van der Waals surface area (Å²) < 4.78 is 1.23. The second-order valence-corrected chi connectivity index (χ2v) is 4.48. The summed E-state index contributed by atoms with van der Waals surface area (Å²) in [5, 5.41) is 0. The molecule has 0 atom stereocenters. The molecule has 0 N–H and O–H groups in total. The second kappa shape index (κ2) is 3.70. The van der Waals surface area contributed by atoms with Gasteiger partial charge in [0.2, 0.25) is 0 Å². The zero-order chi connectivity index (χ0) is 9.26. The fourth-order valence-corrected chi connectivity index (χ4v) is 2.68. The van der Waals surface area contributed by atoms with E-state index < -0.39 is 0 Å². The van der Waals surface area contributed by atoms with Gasteiger partial charge in [-0.1, -0.05) is 12.1 Å². The van der Waals surface area contributed by atoms with Crippen molar-refractivity contribution in [1.29, 1.82) is 0 Å². The predicted molar refractivity (Wildman–Crippen MR) is 60.4 cm³/mol. The van der Waals surface area contributed by atoms with Crippen LogP contribution in [0.4, 0.5) is 5.69 Å². The highest BCUT2D eigenvalue weighted by Crippen LogP contribution is 2.32. The minimum Gasteiger partial charge on any atom is -0.373 e. The summed E-state index contributed by atoms with van der Waals surface area (Å²) in [5.41, 5.74) is 2.87. The van der Waals surface area contributed by atoms with Crippen LogP contribution in [0.25, 0.3) is 0 Å². The number of hydrogen-bond acceptors (Lipinski definition) is 1. The van der Waals surface area contributed by atoms with Crippen LogP contribution in [0.2, 0.25) is 0 Å². The van der Waals surface area contributed by atoms with Crippen LogP contribution in [0.15, 0.2) is 22.7 Å². The first-order valence-electron chi connectivity index (χ1n) is 4.77. The lowest BCUT2D eigenvalue weighted by Gasteiger charge is -2.20. The average Bonchev–Trinajstić information content (AvgIpc) is 2.29. The number of anilines is 1. The summed E-state index contributed by atoms with van der Waals surface area (Å²) >= 11 is 3.62. The van der Waals surface area contributed by atoms with Crippen LogP contribution in [0, 0.1) is 0 Å². The second-order valence-electron chi connectivity index (χ2n) is 3.63. The Morgan fingerprint density at radius 1 is 1.31 bits per heavy atom. The quantitative estimate of drug-likeness (QED) is 0.673. The molecule has 0 amide bonds. The molecule has 0 fully saturated rings. The molecule has 1 aliphatic heterocycles. The summed E-state index contributed by atoms with van der Waals surface area (Å²) in [5.74, 6) is 0. The topological polar surface area (TPSA) is 3.24 Å². The predicted octanol–water partition coefficient (Wildman–Crippen LogP) is 3.22. The number of aryl methyl sites for hydroxylation is 1. The van der Waals surface area contributed by atoms with Crippen molar-refractivity contribution in [2.75, 3.05) is 18.5 Å². The molecule has 0 saturated heterocycles. The lowest BCUT2D eigenvalue weighted by atomic mass is 10.1. The van der Waals surface area contributed by atoms with E-state index in [4.69, 9.17) is 0 Å². The van der Waals surface area contributed by atoms with Crippen molar-refractivity contribution < 1.29 is 0 Å². The molecular weight excluding hydrogens is 226 g/mol. The Morgan fingerprint density at radius 2 is 2.15 bits per heavy atom. The van der Waals surface area contributed by atoms with E-state index in [9.17, 15) is 0 Å². The van der Waals surface area contributed by atoms with Gasteiger partial charge >= 0.3 is 0 Å². The molecule has 2 rings (SSSR count). The van der Waals surface area contributed by atoms with E-state index >= 15 is 0 Å². The van der Waals surface area contributed by atoms with Crippen LogP contribution < -0.4 is 4.90 Å². The number of fused-ring (bicyclic) bond motifs is 1. The third-order valence-corrected chi connectivity index (χ3v) is 3.28. The molecule has 0 radical (unpaired) electrons. The van der Waals surface area contributed by atoms with Gasteiger partial charge in [0.25, 0.3) is 0 Å². The zero-order valence-corrected chi connectivity index (χ0v) is 9.47. The van der Waals surface area contributed by atoms with Crippen molar-refractivity contribution in [3.05, 3.63) is 28.2 Å². The van der Waals surface area contributed by atoms with Gasteiger partial charge < -0.3 is 4.90 Å². The van der Waals surface area contributed by atoms with Crippen LogP contribution in [0.1, 0.15) is 18.4 Å². The third kappa shape index (κ3) is 1.73. The third-order valence-electron chi connectivity index (χ3n) is 2.64. The lowest BCUT2D eigenvalue weighted by Crippen LogP contribution is -2.18. The maximum atomic E-state index is 3.62. The molecule has 0 aromatic heterocycles. The molecule has 1 aromatic rings. The highest BCUT2D eigenvalue weighted by molar-refractivity contribution is 9.10. The zero-order valence-electron chi connectivity index (χ0n) is 7.89. The molecule has 1 nitrogen and oxygen atoms in total. The molecule has 1 aliphatic rings. The number of nitrogens with zero attached hydrogens (tertiary/aromatic N) is 1. The van der Waals surface area contributed by atoms with E-state index in [1.54, 1.807) is 0 Å². The maximum Gasteiger partial charge on any atom is 0.0540 e. The van der Waals surface area contributed by atoms with Gasteiger partial charge in [-0.05, 0) is 46.8 Å². The standard InChI is InChI=1S/C11H14BrN/c1-13-8-3-2-5-9-6-4-7-10(12)11(9)13/h4,6-7H,2-3,5,8H2,1H3. The molecule has 1 heterocycles. The summed E-state index contributed by atoms with van der Waals surface area (Å²) in [6, 6.07) is 6.49. The normalized spacial score (nSPS) is 16.6. The monoisotopic (exact) mass is 239 g/mol. The minimum absolute atomic E-state index is 1.18. The molecule has 70 valence electrons. The van der Waals surface area contributed by atoms with Crippen molar-refractivity contribution in [3.8, 4) is 0 Å². The fourth-order valence-electron chi connectivity index (χ4n) is 1.97. The van der Waals surface area contributed by atoms with Gasteiger partial charge in [0.1, 0.15) is 0 Å². The maximum absolute atomic E-state index is 3.62. The summed E-state index contributed by atoms with van der Waals surface area (Å²) in [7, 11) is 2.18. The van der Waals surface area contributed by atoms with Crippen LogP contribution in [-0.2, 0) is 6.42 Å². The van der Waals surface area contributed by atoms with Crippen LogP contribution in [0.5, 0.6) is 0 Å². The molecule has 1 aromatic carbocycles. The molecule has 13 heavy (non-hydrogen) atoms. The molecule has 0 unspecified atom stereocenters. The van der Waals surface area contributed by atoms with Gasteiger partial charge in [0, 0.05) is 18.1 Å². The van der Waals surface area contributed by atoms with Crippen LogP contribution in [-0.4, -0.2) is 13.6 Å². The van der Waals surface area contributed by atoms with Gasteiger partial charge in [0.15, 0.2) is 0 Å². The Labute approximate surface area is 87.9 Å². The Bertz CT molecular complexity index is 309. The first-order valence-corrected chi connectivity index (χ1v) is 5.57. The highest BCUT2D eigenvalue weighted by Gasteiger charge is 2.13. The molecule has 0 spiro atoms. The largest absolute Gasteiger partial charge is 0.373 e. The minimum atomic E-state index is 1.18. The molecular formula is C11H14BrN. The summed E-state index contributed by atoms with van der Waals surface area (Å²) in [6.07, 6.45) is 3.84. The van der Waals surface area contributed by atoms with E-state index in [0.29, 0.717) is 0 Å². The van der Waals surface area contributed by atoms with E-state index in [1.807, 2.05) is 0 Å². The smallest absolute Gasteiger partial charge is 0.0540 e. The molecule has 0 saturated carbocycles. The van der Waals surface area contributed by atoms with Crippen molar-refractivity contribution >= 4 is 21.6 Å². The summed E-state index contributed by atoms with van der Waals surface area (Å²) in [6.45, 7) is 1.18.